The van der Waals surface area contributed by atoms with Crippen LogP contribution >= 0.6 is 24.0 Å². The van der Waals surface area contributed by atoms with Crippen LogP contribution in [0.5, 0.6) is 0 Å². The number of hydrogen-bond donors (Lipinski definition) is 2. The van der Waals surface area contributed by atoms with Crippen LogP contribution in [0.15, 0.2) is 16.6 Å². The van der Waals surface area contributed by atoms with E-state index in [4.69, 9.17) is 15.2 Å². The van der Waals surface area contributed by atoms with Gasteiger partial charge in [0.1, 0.15) is 0 Å². The number of carbonyl (C=O) groups is 1. The maximum atomic E-state index is 11.6. The second-order valence-electron chi connectivity index (χ2n) is 5.81. The van der Waals surface area contributed by atoms with Crippen molar-refractivity contribution in [3.05, 3.63) is 11.6 Å². The molecule has 0 bridgehead atoms. The maximum absolute atomic E-state index is 11.6. The molecular weight excluding hydrogens is 423 g/mol. The van der Waals surface area contributed by atoms with Gasteiger partial charge in [-0.15, -0.1) is 24.0 Å². The van der Waals surface area contributed by atoms with Crippen LogP contribution in [0.4, 0.5) is 4.79 Å². The molecule has 7 nitrogen and oxygen atoms in total. The molecule has 0 aromatic heterocycles. The third kappa shape index (κ3) is 7.25. The number of halogens is 1. The summed E-state index contributed by atoms with van der Waals surface area (Å²) < 4.78 is 10.3. The van der Waals surface area contributed by atoms with Gasteiger partial charge in [0.2, 0.25) is 0 Å². The van der Waals surface area contributed by atoms with Crippen LogP contribution in [0, 0.1) is 0 Å². The number of aliphatic imine (C=N–C) groups is 1. The summed E-state index contributed by atoms with van der Waals surface area (Å²) in [6.45, 7) is 5.84. The molecule has 0 atom stereocenters. The van der Waals surface area contributed by atoms with Gasteiger partial charge < -0.3 is 25.4 Å². The maximum Gasteiger partial charge on any atom is 0.409 e. The van der Waals surface area contributed by atoms with Gasteiger partial charge in [0.25, 0.3) is 0 Å². The Kier molecular flexibility index (Phi) is 10.1. The Morgan fingerprint density at radius 3 is 2.88 bits per heavy atom. The minimum Gasteiger partial charge on any atom is -0.450 e. The molecule has 2 heterocycles. The fraction of sp³-hybridized carbons (Fsp3) is 0.750. The first kappa shape index (κ1) is 21.0. The molecule has 0 aliphatic carbocycles. The third-order valence-corrected chi connectivity index (χ3v) is 4.15. The van der Waals surface area contributed by atoms with Gasteiger partial charge in [-0.25, -0.2) is 4.79 Å². The zero-order chi connectivity index (χ0) is 16.5. The van der Waals surface area contributed by atoms with E-state index in [1.165, 1.54) is 5.57 Å². The molecule has 0 aromatic rings. The lowest BCUT2D eigenvalue weighted by molar-refractivity contribution is 0.0963. The second-order valence-corrected chi connectivity index (χ2v) is 5.81. The fourth-order valence-corrected chi connectivity index (χ4v) is 2.79. The zero-order valence-corrected chi connectivity index (χ0v) is 16.7. The first-order valence-corrected chi connectivity index (χ1v) is 8.43. The molecular formula is C16H29IN4O3. The first-order chi connectivity index (χ1) is 11.2. The number of piperidine rings is 1. The monoisotopic (exact) mass is 452 g/mol. The van der Waals surface area contributed by atoms with Crippen molar-refractivity contribution in [1.29, 1.82) is 0 Å². The van der Waals surface area contributed by atoms with Crippen LogP contribution in [0.3, 0.4) is 0 Å². The van der Waals surface area contributed by atoms with Crippen LogP contribution in [-0.2, 0) is 9.47 Å². The van der Waals surface area contributed by atoms with Crippen LogP contribution in [0.2, 0.25) is 0 Å². The summed E-state index contributed by atoms with van der Waals surface area (Å²) in [5, 5.41) is 3.25. The Hall–Kier alpha value is -1.03. The largest absolute Gasteiger partial charge is 0.450 e. The molecule has 2 aliphatic heterocycles. The molecule has 0 aromatic carbocycles. The van der Waals surface area contributed by atoms with Gasteiger partial charge in [-0.1, -0.05) is 11.6 Å². The normalized spacial score (nSPS) is 19.3. The van der Waals surface area contributed by atoms with Crippen molar-refractivity contribution < 1.29 is 14.3 Å². The van der Waals surface area contributed by atoms with Gasteiger partial charge in [0.15, 0.2) is 5.96 Å². The summed E-state index contributed by atoms with van der Waals surface area (Å²) in [6, 6.07) is 0.270. The molecule has 138 valence electrons. The lowest BCUT2D eigenvalue weighted by atomic mass is 10.1. The van der Waals surface area contributed by atoms with E-state index >= 15 is 0 Å². The molecule has 0 radical (unpaired) electrons. The predicted molar refractivity (Wildman–Crippen MR) is 105 cm³/mol. The average Bonchev–Trinajstić information content (AvgIpc) is 2.57. The van der Waals surface area contributed by atoms with E-state index in [9.17, 15) is 4.79 Å². The minimum absolute atomic E-state index is 0. The van der Waals surface area contributed by atoms with Crippen molar-refractivity contribution >= 4 is 36.0 Å². The molecule has 1 amide bonds. The number of nitrogens with zero attached hydrogens (tertiary/aromatic N) is 2. The van der Waals surface area contributed by atoms with Crippen molar-refractivity contribution in [2.45, 2.75) is 38.6 Å². The summed E-state index contributed by atoms with van der Waals surface area (Å²) >= 11 is 0. The smallest absolute Gasteiger partial charge is 0.409 e. The lowest BCUT2D eigenvalue weighted by Gasteiger charge is -2.31. The summed E-state index contributed by atoms with van der Waals surface area (Å²) in [7, 11) is 0. The highest BCUT2D eigenvalue weighted by molar-refractivity contribution is 14.0. The van der Waals surface area contributed by atoms with Crippen LogP contribution in [-0.4, -0.2) is 62.4 Å². The summed E-state index contributed by atoms with van der Waals surface area (Å²) in [6.07, 6.45) is 5.56. The van der Waals surface area contributed by atoms with Gasteiger partial charge in [-0.05, 0) is 32.6 Å². The van der Waals surface area contributed by atoms with Gasteiger partial charge in [0.05, 0.1) is 19.8 Å². The number of guanidine groups is 1. The van der Waals surface area contributed by atoms with Gasteiger partial charge in [-0.3, -0.25) is 4.99 Å². The molecule has 0 saturated carbocycles. The minimum atomic E-state index is -0.225. The van der Waals surface area contributed by atoms with E-state index in [2.05, 4.69) is 16.4 Å². The van der Waals surface area contributed by atoms with E-state index in [1.54, 1.807) is 4.90 Å². The molecule has 24 heavy (non-hydrogen) atoms. The Morgan fingerprint density at radius 2 is 2.25 bits per heavy atom. The molecule has 3 N–H and O–H groups in total. The Labute approximate surface area is 161 Å². The number of hydrogen-bond acceptors (Lipinski definition) is 4. The van der Waals surface area contributed by atoms with Gasteiger partial charge >= 0.3 is 6.09 Å². The van der Waals surface area contributed by atoms with Crippen LogP contribution < -0.4 is 11.1 Å². The predicted octanol–water partition coefficient (Wildman–Crippen LogP) is 1.87. The number of amides is 1. The van der Waals surface area contributed by atoms with E-state index in [-0.39, 0.29) is 36.1 Å². The number of nitrogens with one attached hydrogen (secondary N) is 1. The molecule has 8 heteroatoms. The van der Waals surface area contributed by atoms with Crippen molar-refractivity contribution in [1.82, 2.24) is 10.2 Å². The number of nitrogens with two attached hydrogens (primary N) is 1. The summed E-state index contributed by atoms with van der Waals surface area (Å²) in [5.41, 5.74) is 7.35. The number of likely N-dealkylation sites (tertiary alicyclic amines) is 1. The standard InChI is InChI=1S/C16H28N4O3.HI/c1-2-23-16(21)20-9-4-14(5-10-20)19-15(17)18-8-3-13-6-11-22-12-7-13;/h6,14H,2-5,7-12H2,1H3,(H3,17,18,19);1H. The first-order valence-electron chi connectivity index (χ1n) is 8.43. The van der Waals surface area contributed by atoms with E-state index in [1.807, 2.05) is 6.92 Å². The van der Waals surface area contributed by atoms with E-state index in [0.717, 1.165) is 32.3 Å². The van der Waals surface area contributed by atoms with Crippen LogP contribution in [0.1, 0.15) is 32.6 Å². The lowest BCUT2D eigenvalue weighted by Crippen LogP contribution is -2.48. The van der Waals surface area contributed by atoms with E-state index in [0.29, 0.717) is 38.8 Å². The average molecular weight is 452 g/mol. The second kappa shape index (κ2) is 11.5. The molecule has 1 saturated heterocycles. The van der Waals surface area contributed by atoms with Crippen molar-refractivity contribution in [3.63, 3.8) is 0 Å². The quantitative estimate of drug-likeness (QED) is 0.288. The number of rotatable bonds is 5. The molecule has 0 unspecified atom stereocenters. The highest BCUT2D eigenvalue weighted by Crippen LogP contribution is 2.12. The van der Waals surface area contributed by atoms with Crippen molar-refractivity contribution in [2.75, 3.05) is 39.5 Å². The van der Waals surface area contributed by atoms with Crippen molar-refractivity contribution in [2.24, 2.45) is 10.7 Å². The molecule has 2 rings (SSSR count). The Balaban J connectivity index is 0.00000288. The fourth-order valence-electron chi connectivity index (χ4n) is 2.79. The highest BCUT2D eigenvalue weighted by atomic mass is 127. The Morgan fingerprint density at radius 1 is 1.50 bits per heavy atom. The van der Waals surface area contributed by atoms with Crippen LogP contribution in [0.25, 0.3) is 0 Å². The topological polar surface area (TPSA) is 89.2 Å². The Bertz CT molecular complexity index is 449. The molecule has 0 spiro atoms. The van der Waals surface area contributed by atoms with Gasteiger partial charge in [-0.2, -0.15) is 0 Å². The summed E-state index contributed by atoms with van der Waals surface area (Å²) in [5.74, 6) is 0.493. The summed E-state index contributed by atoms with van der Waals surface area (Å²) in [4.78, 5) is 17.8. The number of carbonyl (C=O) groups excluding carboxylic acids is 1. The van der Waals surface area contributed by atoms with Gasteiger partial charge in [0, 0.05) is 25.7 Å². The van der Waals surface area contributed by atoms with E-state index < -0.39 is 0 Å². The highest BCUT2D eigenvalue weighted by Gasteiger charge is 2.23. The molecule has 1 fully saturated rings. The molecule has 2 aliphatic rings. The SMILES string of the molecule is CCOC(=O)N1CCC(NC(N)=NCCC2=CCOCC2)CC1.I. The van der Waals surface area contributed by atoms with Crippen molar-refractivity contribution in [3.8, 4) is 0 Å². The third-order valence-electron chi connectivity index (χ3n) is 4.15. The zero-order valence-electron chi connectivity index (χ0n) is 14.3. The number of ether oxygens (including phenoxy) is 2.